The maximum atomic E-state index is 15.9. The average Bonchev–Trinajstić information content (AvgIpc) is 3.74. The fraction of sp³-hybridized carbons (Fsp3) is 0.476. The SMILES string of the molecule is O=c1[nH]cnc2c1ncn2[C@@H]1O[C@@H]2CO[P@@](=O)(S)O[C@@H]3C[C@@H](CO[P@@](=O)(S)O[C@H]2[C@@H]1F)O[C@H]3n1ccc(=O)n2ccnc12. The van der Waals surface area contributed by atoms with E-state index in [0.717, 1.165) is 12.7 Å². The number of imidazole rings is 2. The normalized spacial score (nSPS) is 37.1. The summed E-state index contributed by atoms with van der Waals surface area (Å²) in [5, 5.41) is 0. The first kappa shape index (κ1) is 29.3. The first-order chi connectivity index (χ1) is 20.5. The van der Waals surface area contributed by atoms with E-state index in [-0.39, 0.29) is 35.5 Å². The van der Waals surface area contributed by atoms with Crippen molar-refractivity contribution >= 4 is 55.0 Å². The van der Waals surface area contributed by atoms with E-state index in [9.17, 15) is 18.7 Å². The Labute approximate surface area is 250 Å². The molecule has 0 aliphatic carbocycles. The van der Waals surface area contributed by atoms with Gasteiger partial charge < -0.3 is 14.5 Å². The molecule has 0 unspecified atom stereocenters. The summed E-state index contributed by atoms with van der Waals surface area (Å²) in [6.07, 6.45) is -2.44. The topological polar surface area (TPSA) is 192 Å². The molecule has 7 rings (SSSR count). The fourth-order valence-corrected chi connectivity index (χ4v) is 8.26. The average molecular weight is 678 g/mol. The van der Waals surface area contributed by atoms with Gasteiger partial charge in [-0.1, -0.05) is 24.5 Å². The van der Waals surface area contributed by atoms with Crippen molar-refractivity contribution in [2.75, 3.05) is 13.2 Å². The number of nitrogens with zero attached hydrogens (tertiary/aromatic N) is 6. The summed E-state index contributed by atoms with van der Waals surface area (Å²) in [6.45, 7) is -9.37. The number of hydrogen-bond donors (Lipinski definition) is 3. The van der Waals surface area contributed by atoms with E-state index in [2.05, 4.69) is 44.4 Å². The first-order valence-electron chi connectivity index (χ1n) is 12.7. The molecule has 7 heterocycles. The van der Waals surface area contributed by atoms with Gasteiger partial charge in [-0.25, -0.2) is 28.5 Å². The zero-order chi connectivity index (χ0) is 30.1. The molecule has 3 aliphatic heterocycles. The molecule has 230 valence electrons. The molecule has 22 heteroatoms. The smallest absolute Gasteiger partial charge is 0.349 e. The zero-order valence-electron chi connectivity index (χ0n) is 21.6. The summed E-state index contributed by atoms with van der Waals surface area (Å²) < 4.78 is 80.9. The van der Waals surface area contributed by atoms with Crippen LogP contribution in [0.25, 0.3) is 16.9 Å². The molecule has 0 amide bonds. The molecule has 0 radical (unpaired) electrons. The van der Waals surface area contributed by atoms with Gasteiger partial charge >= 0.3 is 13.6 Å². The maximum absolute atomic E-state index is 15.9. The second-order valence-corrected chi connectivity index (χ2v) is 15.6. The Bertz CT molecular complexity index is 1920. The molecule has 0 aromatic carbocycles. The van der Waals surface area contributed by atoms with E-state index < -0.39 is 68.8 Å². The van der Waals surface area contributed by atoms with Crippen LogP contribution in [-0.2, 0) is 36.7 Å². The van der Waals surface area contributed by atoms with E-state index in [1.54, 1.807) is 0 Å². The van der Waals surface area contributed by atoms with Crippen LogP contribution in [-0.4, -0.2) is 77.3 Å². The van der Waals surface area contributed by atoms with Gasteiger partial charge in [-0.15, -0.1) is 0 Å². The second-order valence-electron chi connectivity index (χ2n) is 9.85. The lowest BCUT2D eigenvalue weighted by atomic mass is 10.1. The Morgan fingerprint density at radius 3 is 2.58 bits per heavy atom. The van der Waals surface area contributed by atoms with Crippen molar-refractivity contribution in [3.05, 3.63) is 58.0 Å². The van der Waals surface area contributed by atoms with Crippen LogP contribution in [0, 0.1) is 0 Å². The quantitative estimate of drug-likeness (QED) is 0.207. The predicted octanol–water partition coefficient (Wildman–Crippen LogP) is 2.05. The Hall–Kier alpha value is -2.38. The monoisotopic (exact) mass is 677 g/mol. The standard InChI is InChI=1S/C21H22FN7O10P2S2/c22-14-16-12(37-20(14)29-9-26-15-17(29)24-8-25-18(15)31)7-35-40(32,42)38-11-5-10(6-34-41(33,43)39-16)36-19(11)28-3-1-13(30)27-4-2-23-21(27)28/h1-4,8-12,14,16,19-20H,5-7H2,(H,32,42)(H,33,43)(H,24,25,31)/t10-,11+,12+,14-,16+,19+,20+,40+,41+/m0/s1. The van der Waals surface area contributed by atoms with Crippen LogP contribution in [0.5, 0.6) is 0 Å². The molecule has 0 spiro atoms. The van der Waals surface area contributed by atoms with Gasteiger partial charge in [0.2, 0.25) is 5.78 Å². The number of thiol groups is 2. The lowest BCUT2D eigenvalue weighted by molar-refractivity contribution is -0.0564. The van der Waals surface area contributed by atoms with Crippen molar-refractivity contribution in [1.29, 1.82) is 0 Å². The molecule has 3 saturated heterocycles. The van der Waals surface area contributed by atoms with Gasteiger partial charge in [-0.05, 0) is 0 Å². The minimum atomic E-state index is -4.26. The molecule has 17 nitrogen and oxygen atoms in total. The first-order valence-corrected chi connectivity index (χ1v) is 18.1. The van der Waals surface area contributed by atoms with Gasteiger partial charge in [0.15, 0.2) is 29.8 Å². The minimum absolute atomic E-state index is 0.0217. The molecule has 1 N–H and O–H groups in total. The molecule has 4 aromatic heterocycles. The number of hydrogen-bond acceptors (Lipinski definition) is 13. The van der Waals surface area contributed by atoms with Gasteiger partial charge in [0.1, 0.15) is 18.3 Å². The van der Waals surface area contributed by atoms with E-state index >= 15 is 4.39 Å². The van der Waals surface area contributed by atoms with E-state index in [1.807, 2.05) is 0 Å². The molecule has 3 aliphatic rings. The van der Waals surface area contributed by atoms with E-state index in [1.165, 1.54) is 38.2 Å². The number of nitrogens with one attached hydrogen (secondary N) is 1. The molecule has 0 saturated carbocycles. The number of aromatic nitrogens is 7. The highest BCUT2D eigenvalue weighted by molar-refractivity contribution is 8.44. The molecule has 9 atom stereocenters. The van der Waals surface area contributed by atoms with Gasteiger partial charge in [-0.3, -0.25) is 41.2 Å². The molecule has 2 bridgehead atoms. The summed E-state index contributed by atoms with van der Waals surface area (Å²) in [5.74, 6) is 0.220. The minimum Gasteiger partial charge on any atom is -0.349 e. The summed E-state index contributed by atoms with van der Waals surface area (Å²) >= 11 is 8.16. The molecular formula is C21H22FN7O10P2S2. The third-order valence-corrected chi connectivity index (χ3v) is 10.4. The van der Waals surface area contributed by atoms with Crippen molar-refractivity contribution in [3.8, 4) is 0 Å². The lowest BCUT2D eigenvalue weighted by Crippen LogP contribution is -2.33. The zero-order valence-corrected chi connectivity index (χ0v) is 25.1. The molecule has 43 heavy (non-hydrogen) atoms. The molecular weight excluding hydrogens is 655 g/mol. The third-order valence-electron chi connectivity index (χ3n) is 7.14. The number of fused-ring (bicyclic) bond motifs is 5. The van der Waals surface area contributed by atoms with Gasteiger partial charge in [-0.2, -0.15) is 0 Å². The number of alkyl halides is 1. The van der Waals surface area contributed by atoms with Crippen molar-refractivity contribution in [2.24, 2.45) is 0 Å². The van der Waals surface area contributed by atoms with E-state index in [4.69, 9.17) is 27.6 Å². The van der Waals surface area contributed by atoms with Crippen LogP contribution in [0.3, 0.4) is 0 Å². The van der Waals surface area contributed by atoms with Gasteiger partial charge in [0.25, 0.3) is 11.1 Å². The van der Waals surface area contributed by atoms with Crippen LogP contribution >= 0.6 is 38.1 Å². The highest BCUT2D eigenvalue weighted by atomic mass is 32.7. The summed E-state index contributed by atoms with van der Waals surface area (Å²) in [6, 6.07) is 1.29. The van der Waals surface area contributed by atoms with Crippen LogP contribution in [0.15, 0.2) is 46.9 Å². The highest BCUT2D eigenvalue weighted by Gasteiger charge is 2.52. The van der Waals surface area contributed by atoms with Crippen LogP contribution in [0.4, 0.5) is 4.39 Å². The molecule has 3 fully saturated rings. The Morgan fingerprint density at radius 2 is 1.74 bits per heavy atom. The van der Waals surface area contributed by atoms with Gasteiger partial charge in [0, 0.05) is 31.1 Å². The van der Waals surface area contributed by atoms with Crippen molar-refractivity contribution in [2.45, 2.75) is 49.5 Å². The third kappa shape index (κ3) is 5.43. The Balaban J connectivity index is 1.19. The summed E-state index contributed by atoms with van der Waals surface area (Å²) in [4.78, 5) is 38.9. The Morgan fingerprint density at radius 1 is 0.953 bits per heavy atom. The second kappa shape index (κ2) is 10.9. The van der Waals surface area contributed by atoms with Gasteiger partial charge in [0.05, 0.1) is 32.0 Å². The lowest BCUT2D eigenvalue weighted by Gasteiger charge is -2.26. The predicted molar refractivity (Wildman–Crippen MR) is 150 cm³/mol. The maximum Gasteiger partial charge on any atom is 0.386 e. The van der Waals surface area contributed by atoms with E-state index in [0.29, 0.717) is 0 Å². The largest absolute Gasteiger partial charge is 0.386 e. The van der Waals surface area contributed by atoms with Crippen LogP contribution in [0.1, 0.15) is 18.9 Å². The van der Waals surface area contributed by atoms with Crippen molar-refractivity contribution in [3.63, 3.8) is 0 Å². The number of aromatic amines is 1. The number of halogens is 1. The number of H-pyrrole nitrogens is 1. The highest BCUT2D eigenvalue weighted by Crippen LogP contribution is 2.60. The number of rotatable bonds is 2. The summed E-state index contributed by atoms with van der Waals surface area (Å²) in [5.41, 5.74) is -0.922. The molecule has 4 aromatic rings. The van der Waals surface area contributed by atoms with Crippen LogP contribution in [0.2, 0.25) is 0 Å². The van der Waals surface area contributed by atoms with Crippen molar-refractivity contribution in [1.82, 2.24) is 33.5 Å². The fourth-order valence-electron chi connectivity index (χ4n) is 5.27. The number of ether oxygens (including phenoxy) is 2. The van der Waals surface area contributed by atoms with Crippen LogP contribution < -0.4 is 11.1 Å². The Kier molecular flexibility index (Phi) is 7.44. The summed E-state index contributed by atoms with van der Waals surface area (Å²) in [7, 11) is 0. The van der Waals surface area contributed by atoms with Crippen molar-refractivity contribution < 1.29 is 41.1 Å².